The first-order valence-electron chi connectivity index (χ1n) is 6.87. The van der Waals surface area contributed by atoms with Crippen molar-refractivity contribution in [3.05, 3.63) is 47.1 Å². The maximum atomic E-state index is 5.56. The zero-order chi connectivity index (χ0) is 14.9. The summed E-state index contributed by atoms with van der Waals surface area (Å²) < 4.78 is 12.0. The van der Waals surface area contributed by atoms with Gasteiger partial charge in [0.1, 0.15) is 13.2 Å². The molecule has 0 saturated heterocycles. The predicted octanol–water partition coefficient (Wildman–Crippen LogP) is 3.67. The van der Waals surface area contributed by atoms with Crippen LogP contribution in [0.15, 0.2) is 47.1 Å². The van der Waals surface area contributed by atoms with Crippen molar-refractivity contribution in [3.8, 4) is 34.1 Å². The van der Waals surface area contributed by atoms with Gasteiger partial charge in [-0.1, -0.05) is 28.1 Å². The molecule has 1 aromatic carbocycles. The first-order chi connectivity index (χ1) is 10.8. The Kier molecular flexibility index (Phi) is 3.31. The molecule has 5 nitrogen and oxygen atoms in total. The van der Waals surface area contributed by atoms with Crippen molar-refractivity contribution in [3.63, 3.8) is 0 Å². The minimum atomic E-state index is 0.536. The van der Waals surface area contributed by atoms with Crippen molar-refractivity contribution in [1.82, 2.24) is 15.2 Å². The summed E-state index contributed by atoms with van der Waals surface area (Å²) in [6, 6.07) is 12.0. The maximum absolute atomic E-state index is 5.56. The molecule has 1 N–H and O–H groups in total. The average Bonchev–Trinajstić information content (AvgIpc) is 3.04. The van der Waals surface area contributed by atoms with Crippen LogP contribution in [-0.2, 0) is 0 Å². The Balaban J connectivity index is 1.69. The summed E-state index contributed by atoms with van der Waals surface area (Å²) in [6.45, 7) is 1.08. The van der Waals surface area contributed by atoms with E-state index in [0.29, 0.717) is 24.8 Å². The van der Waals surface area contributed by atoms with Gasteiger partial charge in [-0.25, -0.2) is 4.98 Å². The zero-order valence-corrected chi connectivity index (χ0v) is 13.1. The predicted molar refractivity (Wildman–Crippen MR) is 85.9 cm³/mol. The van der Waals surface area contributed by atoms with Crippen molar-refractivity contribution < 1.29 is 9.47 Å². The number of pyridine rings is 1. The summed E-state index contributed by atoms with van der Waals surface area (Å²) in [5.74, 6) is 1.20. The summed E-state index contributed by atoms with van der Waals surface area (Å²) in [7, 11) is 0. The van der Waals surface area contributed by atoms with E-state index in [1.165, 1.54) is 0 Å². The van der Waals surface area contributed by atoms with Crippen molar-refractivity contribution in [2.45, 2.75) is 0 Å². The lowest BCUT2D eigenvalue weighted by molar-refractivity contribution is 0.164. The number of H-pyrrole nitrogens is 1. The molecule has 4 rings (SSSR count). The molecule has 0 spiro atoms. The van der Waals surface area contributed by atoms with Crippen LogP contribution in [0.3, 0.4) is 0 Å². The second-order valence-corrected chi connectivity index (χ2v) is 5.82. The number of hydrogen-bond acceptors (Lipinski definition) is 4. The second-order valence-electron chi connectivity index (χ2n) is 4.90. The van der Waals surface area contributed by atoms with Crippen LogP contribution in [0, 0.1) is 0 Å². The Morgan fingerprint density at radius 2 is 1.95 bits per heavy atom. The number of halogens is 1. The number of benzene rings is 1. The SMILES string of the molecule is Brc1cccc(-c2cc(-c3cnc4c(c3)OCCO4)n[nH]2)c1. The van der Waals surface area contributed by atoms with Crippen LogP contribution in [0.5, 0.6) is 11.6 Å². The molecular weight excluding hydrogens is 346 g/mol. The Morgan fingerprint density at radius 3 is 2.86 bits per heavy atom. The molecule has 0 bridgehead atoms. The molecule has 0 atom stereocenters. The second kappa shape index (κ2) is 5.46. The molecule has 3 aromatic rings. The zero-order valence-electron chi connectivity index (χ0n) is 11.5. The van der Waals surface area contributed by atoms with Crippen molar-refractivity contribution in [1.29, 1.82) is 0 Å². The Morgan fingerprint density at radius 1 is 1.05 bits per heavy atom. The fourth-order valence-corrected chi connectivity index (χ4v) is 2.75. The third-order valence-electron chi connectivity index (χ3n) is 3.41. The van der Waals surface area contributed by atoms with Crippen molar-refractivity contribution in [2.75, 3.05) is 13.2 Å². The van der Waals surface area contributed by atoms with Crippen molar-refractivity contribution in [2.24, 2.45) is 0 Å². The fourth-order valence-electron chi connectivity index (χ4n) is 2.35. The first kappa shape index (κ1) is 13.3. The molecule has 0 radical (unpaired) electrons. The molecule has 1 aliphatic rings. The van der Waals surface area contributed by atoms with Gasteiger partial charge in [0, 0.05) is 21.8 Å². The van der Waals surface area contributed by atoms with Gasteiger partial charge in [0.15, 0.2) is 5.75 Å². The number of aromatic nitrogens is 3. The van der Waals surface area contributed by atoms with Crippen LogP contribution in [0.25, 0.3) is 22.5 Å². The molecular formula is C16H12BrN3O2. The smallest absolute Gasteiger partial charge is 0.257 e. The van der Waals surface area contributed by atoms with Gasteiger partial charge >= 0.3 is 0 Å². The van der Waals surface area contributed by atoms with Crippen LogP contribution >= 0.6 is 15.9 Å². The molecule has 0 fully saturated rings. The normalized spacial score (nSPS) is 13.1. The molecule has 6 heteroatoms. The van der Waals surface area contributed by atoms with Crippen LogP contribution in [0.1, 0.15) is 0 Å². The van der Waals surface area contributed by atoms with E-state index in [4.69, 9.17) is 9.47 Å². The maximum Gasteiger partial charge on any atom is 0.257 e. The highest BCUT2D eigenvalue weighted by Crippen LogP contribution is 2.32. The molecule has 0 aliphatic carbocycles. The average molecular weight is 358 g/mol. The third kappa shape index (κ3) is 2.46. The van der Waals surface area contributed by atoms with Crippen molar-refractivity contribution >= 4 is 15.9 Å². The van der Waals surface area contributed by atoms with E-state index in [9.17, 15) is 0 Å². The van der Waals surface area contributed by atoms with Gasteiger partial charge < -0.3 is 9.47 Å². The van der Waals surface area contributed by atoms with E-state index in [2.05, 4.69) is 31.1 Å². The molecule has 0 amide bonds. The summed E-state index contributed by atoms with van der Waals surface area (Å²) in [6.07, 6.45) is 1.74. The molecule has 110 valence electrons. The molecule has 1 aliphatic heterocycles. The molecule has 22 heavy (non-hydrogen) atoms. The van der Waals surface area contributed by atoms with Gasteiger partial charge in [0.05, 0.1) is 11.4 Å². The number of hydrogen-bond donors (Lipinski definition) is 1. The van der Waals surface area contributed by atoms with E-state index in [1.54, 1.807) is 6.20 Å². The van der Waals surface area contributed by atoms with Gasteiger partial charge in [0.2, 0.25) is 0 Å². The van der Waals surface area contributed by atoms with Gasteiger partial charge in [0.25, 0.3) is 5.88 Å². The molecule has 0 saturated carbocycles. The van der Waals surface area contributed by atoms with Gasteiger partial charge in [-0.15, -0.1) is 0 Å². The Bertz CT molecular complexity index is 832. The summed E-state index contributed by atoms with van der Waals surface area (Å²) in [4.78, 5) is 4.28. The molecule has 2 aromatic heterocycles. The standard InChI is InChI=1S/C16H12BrN3O2/c17-12-3-1-2-10(6-12)13-8-14(20-19-13)11-7-15-16(18-9-11)22-5-4-21-15/h1-3,6-9H,4-5H2,(H,19,20). The van der Waals surface area contributed by atoms with E-state index in [1.807, 2.05) is 36.4 Å². The molecule has 0 unspecified atom stereocenters. The monoisotopic (exact) mass is 357 g/mol. The number of nitrogens with zero attached hydrogens (tertiary/aromatic N) is 2. The Hall–Kier alpha value is -2.34. The third-order valence-corrected chi connectivity index (χ3v) is 3.90. The van der Waals surface area contributed by atoms with Crippen LogP contribution in [0.2, 0.25) is 0 Å². The van der Waals surface area contributed by atoms with Crippen LogP contribution < -0.4 is 9.47 Å². The summed E-state index contributed by atoms with van der Waals surface area (Å²) in [5, 5.41) is 7.42. The van der Waals surface area contributed by atoms with E-state index < -0.39 is 0 Å². The lowest BCUT2D eigenvalue weighted by atomic mass is 10.1. The topological polar surface area (TPSA) is 60.0 Å². The lowest BCUT2D eigenvalue weighted by Gasteiger charge is -2.17. The minimum Gasteiger partial charge on any atom is -0.484 e. The number of fused-ring (bicyclic) bond motifs is 1. The van der Waals surface area contributed by atoms with E-state index >= 15 is 0 Å². The first-order valence-corrected chi connectivity index (χ1v) is 7.66. The van der Waals surface area contributed by atoms with Crippen LogP contribution in [0.4, 0.5) is 0 Å². The van der Waals surface area contributed by atoms with Gasteiger partial charge in [-0.3, -0.25) is 5.10 Å². The van der Waals surface area contributed by atoms with E-state index in [0.717, 1.165) is 27.0 Å². The van der Waals surface area contributed by atoms with Gasteiger partial charge in [-0.05, 0) is 24.3 Å². The van der Waals surface area contributed by atoms with E-state index in [-0.39, 0.29) is 0 Å². The summed E-state index contributed by atoms with van der Waals surface area (Å²) in [5.41, 5.74) is 3.73. The number of aromatic amines is 1. The van der Waals surface area contributed by atoms with Crippen LogP contribution in [-0.4, -0.2) is 28.4 Å². The van der Waals surface area contributed by atoms with Gasteiger partial charge in [-0.2, -0.15) is 5.10 Å². The highest BCUT2D eigenvalue weighted by Gasteiger charge is 2.15. The highest BCUT2D eigenvalue weighted by atomic mass is 79.9. The Labute approximate surface area is 135 Å². The highest BCUT2D eigenvalue weighted by molar-refractivity contribution is 9.10. The summed E-state index contributed by atoms with van der Waals surface area (Å²) >= 11 is 3.48. The number of nitrogens with one attached hydrogen (secondary N) is 1. The largest absolute Gasteiger partial charge is 0.484 e. The molecule has 3 heterocycles. The number of rotatable bonds is 2. The minimum absolute atomic E-state index is 0.536. The fraction of sp³-hybridized carbons (Fsp3) is 0.125. The lowest BCUT2D eigenvalue weighted by Crippen LogP contribution is -2.16. The number of ether oxygens (including phenoxy) is 2. The quantitative estimate of drug-likeness (QED) is 0.759.